The molecular weight excluding hydrogens is 244 g/mol. The van der Waals surface area contributed by atoms with Crippen molar-refractivity contribution >= 4 is 11.8 Å². The maximum atomic E-state index is 12.6. The van der Waals surface area contributed by atoms with Crippen molar-refractivity contribution in [3.63, 3.8) is 0 Å². The fourth-order valence-electron chi connectivity index (χ4n) is 3.13. The Kier molecular flexibility index (Phi) is 3.00. The van der Waals surface area contributed by atoms with E-state index in [1.807, 2.05) is 0 Å². The summed E-state index contributed by atoms with van der Waals surface area (Å²) in [6.07, 6.45) is 5.77. The van der Waals surface area contributed by atoms with Gasteiger partial charge in [-0.3, -0.25) is 14.3 Å². The van der Waals surface area contributed by atoms with Gasteiger partial charge in [-0.05, 0) is 18.9 Å². The number of nitrogens with one attached hydrogen (secondary N) is 1. The Morgan fingerprint density at radius 2 is 2.21 bits per heavy atom. The number of amides is 2. The number of nitrogens with zero attached hydrogens (tertiary/aromatic N) is 3. The highest BCUT2D eigenvalue weighted by atomic mass is 16.2. The van der Waals surface area contributed by atoms with Gasteiger partial charge < -0.3 is 10.2 Å². The van der Waals surface area contributed by atoms with Crippen LogP contribution in [0.25, 0.3) is 0 Å². The first-order valence-corrected chi connectivity index (χ1v) is 6.75. The van der Waals surface area contributed by atoms with Gasteiger partial charge in [-0.2, -0.15) is 5.10 Å². The van der Waals surface area contributed by atoms with E-state index in [4.69, 9.17) is 0 Å². The van der Waals surface area contributed by atoms with Crippen molar-refractivity contribution in [2.24, 2.45) is 7.05 Å². The Morgan fingerprint density at radius 1 is 1.42 bits per heavy atom. The van der Waals surface area contributed by atoms with Crippen LogP contribution in [0.5, 0.6) is 0 Å². The molecule has 1 aromatic heterocycles. The largest absolute Gasteiger partial charge is 0.350 e. The van der Waals surface area contributed by atoms with Gasteiger partial charge in [0, 0.05) is 19.3 Å². The molecule has 6 heteroatoms. The second kappa shape index (κ2) is 4.68. The van der Waals surface area contributed by atoms with Crippen LogP contribution in [-0.4, -0.2) is 45.1 Å². The van der Waals surface area contributed by atoms with Gasteiger partial charge in [0.25, 0.3) is 5.91 Å². The number of rotatable bonds is 1. The first-order chi connectivity index (χ1) is 9.16. The minimum Gasteiger partial charge on any atom is -0.350 e. The summed E-state index contributed by atoms with van der Waals surface area (Å²) >= 11 is 0. The normalized spacial score (nSPS) is 26.8. The molecule has 0 radical (unpaired) electrons. The summed E-state index contributed by atoms with van der Waals surface area (Å²) in [5, 5.41) is 7.03. The van der Waals surface area contributed by atoms with Crippen LogP contribution in [0.2, 0.25) is 0 Å². The molecule has 19 heavy (non-hydrogen) atoms. The summed E-state index contributed by atoms with van der Waals surface area (Å²) in [6.45, 7) is 0.158. The van der Waals surface area contributed by atoms with Crippen LogP contribution in [0.4, 0.5) is 0 Å². The number of fused-ring (bicyclic) bond motifs is 1. The van der Waals surface area contributed by atoms with Crippen molar-refractivity contribution in [1.29, 1.82) is 0 Å². The maximum Gasteiger partial charge on any atom is 0.272 e. The number of piperazine rings is 1. The van der Waals surface area contributed by atoms with Crippen molar-refractivity contribution in [3.8, 4) is 0 Å². The molecule has 2 atom stereocenters. The van der Waals surface area contributed by atoms with E-state index in [1.54, 1.807) is 28.9 Å². The van der Waals surface area contributed by atoms with Gasteiger partial charge in [0.1, 0.15) is 12.2 Å². The van der Waals surface area contributed by atoms with Gasteiger partial charge in [-0.25, -0.2) is 0 Å². The number of hydrogen-bond acceptors (Lipinski definition) is 3. The van der Waals surface area contributed by atoms with Crippen molar-refractivity contribution < 1.29 is 9.59 Å². The van der Waals surface area contributed by atoms with E-state index in [9.17, 15) is 9.59 Å². The SMILES string of the molecule is Cn1nccc1C(=O)N1CC(=O)N[C@H]2CCCC[C@H]21. The summed E-state index contributed by atoms with van der Waals surface area (Å²) in [4.78, 5) is 26.0. The standard InChI is InChI=1S/C13H18N4O2/c1-16-11(6-7-14-16)13(19)17-8-12(18)15-9-4-2-3-5-10(9)17/h6-7,9-10H,2-5,8H2,1H3,(H,15,18)/t9-,10+/m0/s1. The summed E-state index contributed by atoms with van der Waals surface area (Å²) in [7, 11) is 1.75. The smallest absolute Gasteiger partial charge is 0.272 e. The second-order valence-corrected chi connectivity index (χ2v) is 5.30. The number of aromatic nitrogens is 2. The first kappa shape index (κ1) is 12.2. The molecule has 102 valence electrons. The Morgan fingerprint density at radius 3 is 2.95 bits per heavy atom. The van der Waals surface area contributed by atoms with Crippen LogP contribution in [-0.2, 0) is 11.8 Å². The highest BCUT2D eigenvalue weighted by Gasteiger charge is 2.39. The zero-order chi connectivity index (χ0) is 13.4. The Hall–Kier alpha value is -1.85. The quantitative estimate of drug-likeness (QED) is 0.791. The summed E-state index contributed by atoms with van der Waals surface area (Å²) in [5.74, 6) is -0.148. The predicted octanol–water partition coefficient (Wildman–Crippen LogP) is 0.303. The molecule has 1 aromatic rings. The van der Waals surface area contributed by atoms with E-state index >= 15 is 0 Å². The highest BCUT2D eigenvalue weighted by Crippen LogP contribution is 2.26. The van der Waals surface area contributed by atoms with E-state index in [-0.39, 0.29) is 30.4 Å². The van der Waals surface area contributed by atoms with Crippen LogP contribution >= 0.6 is 0 Å². The molecule has 0 bridgehead atoms. The molecule has 6 nitrogen and oxygen atoms in total. The third-order valence-electron chi connectivity index (χ3n) is 4.09. The van der Waals surface area contributed by atoms with Gasteiger partial charge in [-0.15, -0.1) is 0 Å². The molecule has 2 aliphatic rings. The van der Waals surface area contributed by atoms with Crippen molar-refractivity contribution in [2.45, 2.75) is 37.8 Å². The van der Waals surface area contributed by atoms with Crippen LogP contribution in [0, 0.1) is 0 Å². The maximum absolute atomic E-state index is 12.6. The van der Waals surface area contributed by atoms with E-state index < -0.39 is 0 Å². The van der Waals surface area contributed by atoms with E-state index in [0.29, 0.717) is 5.69 Å². The summed E-state index contributed by atoms with van der Waals surface area (Å²) in [6, 6.07) is 1.95. The molecule has 0 unspecified atom stereocenters. The molecular formula is C13H18N4O2. The lowest BCUT2D eigenvalue weighted by atomic mass is 9.87. The van der Waals surface area contributed by atoms with Gasteiger partial charge >= 0.3 is 0 Å². The first-order valence-electron chi connectivity index (χ1n) is 6.75. The molecule has 0 spiro atoms. The summed E-state index contributed by atoms with van der Waals surface area (Å²) < 4.78 is 1.56. The molecule has 1 saturated heterocycles. The third-order valence-corrected chi connectivity index (χ3v) is 4.09. The Balaban J connectivity index is 1.87. The Labute approximate surface area is 111 Å². The number of carbonyl (C=O) groups is 2. The van der Waals surface area contributed by atoms with Gasteiger partial charge in [-0.1, -0.05) is 12.8 Å². The zero-order valence-corrected chi connectivity index (χ0v) is 11.0. The van der Waals surface area contributed by atoms with Gasteiger partial charge in [0.2, 0.25) is 5.91 Å². The fraction of sp³-hybridized carbons (Fsp3) is 0.615. The Bertz CT molecular complexity index is 510. The molecule has 1 aliphatic carbocycles. The topological polar surface area (TPSA) is 67.2 Å². The minimum atomic E-state index is -0.0910. The van der Waals surface area contributed by atoms with Crippen molar-refractivity contribution in [3.05, 3.63) is 18.0 Å². The van der Waals surface area contributed by atoms with Crippen LogP contribution in [0.3, 0.4) is 0 Å². The van der Waals surface area contributed by atoms with E-state index in [2.05, 4.69) is 10.4 Å². The minimum absolute atomic E-state index is 0.0568. The number of aryl methyl sites for hydroxylation is 1. The predicted molar refractivity (Wildman–Crippen MR) is 68.4 cm³/mol. The molecule has 2 heterocycles. The second-order valence-electron chi connectivity index (χ2n) is 5.30. The lowest BCUT2D eigenvalue weighted by molar-refractivity contribution is -0.127. The molecule has 1 aliphatic heterocycles. The fourth-order valence-corrected chi connectivity index (χ4v) is 3.13. The average Bonchev–Trinajstić information content (AvgIpc) is 2.83. The third kappa shape index (κ3) is 2.11. The molecule has 2 amide bonds. The van der Waals surface area contributed by atoms with Crippen LogP contribution < -0.4 is 5.32 Å². The molecule has 2 fully saturated rings. The average molecular weight is 262 g/mol. The van der Waals surface area contributed by atoms with E-state index in [0.717, 1.165) is 25.7 Å². The molecule has 3 rings (SSSR count). The lowest BCUT2D eigenvalue weighted by Crippen LogP contribution is -2.63. The summed E-state index contributed by atoms with van der Waals surface area (Å²) in [5.41, 5.74) is 0.541. The van der Waals surface area contributed by atoms with Gasteiger partial charge in [0.15, 0.2) is 0 Å². The molecule has 1 N–H and O–H groups in total. The number of carbonyl (C=O) groups excluding carboxylic acids is 2. The number of hydrogen-bond donors (Lipinski definition) is 1. The monoisotopic (exact) mass is 262 g/mol. The van der Waals surface area contributed by atoms with E-state index in [1.165, 1.54) is 0 Å². The highest BCUT2D eigenvalue weighted by molar-refractivity contribution is 5.96. The molecule has 0 aromatic carbocycles. The van der Waals surface area contributed by atoms with Crippen LogP contribution in [0.1, 0.15) is 36.2 Å². The molecule has 1 saturated carbocycles. The van der Waals surface area contributed by atoms with Gasteiger partial charge in [0.05, 0.1) is 6.04 Å². The van der Waals surface area contributed by atoms with Crippen LogP contribution in [0.15, 0.2) is 12.3 Å². The van der Waals surface area contributed by atoms with Crippen molar-refractivity contribution in [2.75, 3.05) is 6.54 Å². The lowest BCUT2D eigenvalue weighted by Gasteiger charge is -2.43. The zero-order valence-electron chi connectivity index (χ0n) is 11.0. The van der Waals surface area contributed by atoms with Crippen molar-refractivity contribution in [1.82, 2.24) is 20.0 Å².